The summed E-state index contributed by atoms with van der Waals surface area (Å²) in [5, 5.41) is 3.19. The number of nitrogens with one attached hydrogen (secondary N) is 1. The van der Waals surface area contributed by atoms with Gasteiger partial charge < -0.3 is 10.1 Å². The van der Waals surface area contributed by atoms with Gasteiger partial charge in [-0.1, -0.05) is 6.92 Å². The monoisotopic (exact) mass is 308 g/mol. The number of pyridine rings is 1. The third kappa shape index (κ3) is 3.75. The van der Waals surface area contributed by atoms with Gasteiger partial charge >= 0.3 is 0 Å². The average Bonchev–Trinajstić information content (AvgIpc) is 2.37. The maximum absolute atomic E-state index is 5.59. The minimum Gasteiger partial charge on any atom is -0.436 e. The Balaban J connectivity index is 2.09. The molecule has 0 aliphatic carbocycles. The molecule has 6 heteroatoms. The second kappa shape index (κ2) is 6.42. The molecule has 18 heavy (non-hydrogen) atoms. The summed E-state index contributed by atoms with van der Waals surface area (Å²) in [6.07, 6.45) is 6.62. The van der Waals surface area contributed by atoms with Gasteiger partial charge in [0.05, 0.1) is 18.1 Å². The molecule has 2 aromatic rings. The Morgan fingerprint density at radius 3 is 2.83 bits per heavy atom. The van der Waals surface area contributed by atoms with E-state index in [1.54, 1.807) is 24.8 Å². The number of aromatic nitrogens is 3. The topological polar surface area (TPSA) is 59.9 Å². The lowest BCUT2D eigenvalue weighted by molar-refractivity contribution is 0.454. The normalized spacial score (nSPS) is 10.3. The zero-order valence-corrected chi connectivity index (χ0v) is 11.5. The van der Waals surface area contributed by atoms with E-state index in [1.807, 2.05) is 13.0 Å². The van der Waals surface area contributed by atoms with E-state index in [0.717, 1.165) is 16.7 Å². The molecule has 2 rings (SSSR count). The van der Waals surface area contributed by atoms with Gasteiger partial charge in [-0.15, -0.1) is 0 Å². The second-order valence-electron chi connectivity index (χ2n) is 3.57. The number of halogens is 1. The minimum absolute atomic E-state index is 0.463. The highest BCUT2D eigenvalue weighted by molar-refractivity contribution is 9.10. The van der Waals surface area contributed by atoms with Crippen molar-refractivity contribution in [1.82, 2.24) is 20.3 Å². The summed E-state index contributed by atoms with van der Waals surface area (Å²) >= 11 is 3.34. The fourth-order valence-corrected chi connectivity index (χ4v) is 1.69. The summed E-state index contributed by atoms with van der Waals surface area (Å²) in [6, 6.07) is 1.83. The number of rotatable bonds is 5. The van der Waals surface area contributed by atoms with Crippen molar-refractivity contribution in [2.75, 3.05) is 6.54 Å². The molecule has 2 heterocycles. The molecule has 0 spiro atoms. The van der Waals surface area contributed by atoms with Gasteiger partial charge in [-0.3, -0.25) is 9.97 Å². The van der Waals surface area contributed by atoms with Gasteiger partial charge in [-0.2, -0.15) is 0 Å². The Labute approximate surface area is 114 Å². The maximum Gasteiger partial charge on any atom is 0.238 e. The molecule has 0 saturated heterocycles. The van der Waals surface area contributed by atoms with Gasteiger partial charge in [-0.05, 0) is 28.5 Å². The molecule has 0 aliphatic heterocycles. The average molecular weight is 309 g/mol. The molecule has 0 amide bonds. The van der Waals surface area contributed by atoms with Crippen LogP contribution in [0.25, 0.3) is 0 Å². The molecule has 0 aliphatic rings. The van der Waals surface area contributed by atoms with Crippen LogP contribution in [0.2, 0.25) is 0 Å². The maximum atomic E-state index is 5.59. The minimum atomic E-state index is 0.463. The highest BCUT2D eigenvalue weighted by atomic mass is 79.9. The first-order chi connectivity index (χ1) is 8.78. The van der Waals surface area contributed by atoms with Crippen LogP contribution in [0.3, 0.4) is 0 Å². The van der Waals surface area contributed by atoms with Crippen LogP contribution in [0.1, 0.15) is 12.6 Å². The summed E-state index contributed by atoms with van der Waals surface area (Å²) in [7, 11) is 0. The molecule has 0 atom stereocenters. The van der Waals surface area contributed by atoms with Crippen LogP contribution in [-0.2, 0) is 6.54 Å². The van der Waals surface area contributed by atoms with Gasteiger partial charge in [-0.25, -0.2) is 4.98 Å². The Kier molecular flexibility index (Phi) is 4.60. The van der Waals surface area contributed by atoms with Gasteiger partial charge in [0.1, 0.15) is 5.75 Å². The van der Waals surface area contributed by atoms with Crippen molar-refractivity contribution in [3.63, 3.8) is 0 Å². The Morgan fingerprint density at radius 1 is 1.22 bits per heavy atom. The van der Waals surface area contributed by atoms with Crippen LogP contribution in [0.4, 0.5) is 0 Å². The van der Waals surface area contributed by atoms with Crippen LogP contribution >= 0.6 is 15.9 Å². The van der Waals surface area contributed by atoms with Crippen molar-refractivity contribution in [3.8, 4) is 11.6 Å². The lowest BCUT2D eigenvalue weighted by atomic mass is 10.4. The van der Waals surface area contributed by atoms with E-state index in [0.29, 0.717) is 18.2 Å². The molecular formula is C12H13BrN4O. The molecule has 1 N–H and O–H groups in total. The first-order valence-electron chi connectivity index (χ1n) is 5.58. The van der Waals surface area contributed by atoms with E-state index in [2.05, 4.69) is 36.2 Å². The molecule has 0 unspecified atom stereocenters. The fourth-order valence-electron chi connectivity index (χ4n) is 1.34. The van der Waals surface area contributed by atoms with Crippen molar-refractivity contribution in [2.45, 2.75) is 13.5 Å². The number of hydrogen-bond donors (Lipinski definition) is 1. The SMILES string of the molecule is CCNCc1cncc(Oc2cncc(Br)c2)n1. The largest absolute Gasteiger partial charge is 0.436 e. The van der Waals surface area contributed by atoms with E-state index in [4.69, 9.17) is 4.74 Å². The third-order valence-corrected chi connectivity index (χ3v) is 2.55. The molecule has 2 aromatic heterocycles. The van der Waals surface area contributed by atoms with Crippen LogP contribution in [0.5, 0.6) is 11.6 Å². The van der Waals surface area contributed by atoms with Crippen molar-refractivity contribution in [1.29, 1.82) is 0 Å². The highest BCUT2D eigenvalue weighted by Gasteiger charge is 2.02. The lowest BCUT2D eigenvalue weighted by Crippen LogP contribution is -2.13. The van der Waals surface area contributed by atoms with E-state index < -0.39 is 0 Å². The zero-order chi connectivity index (χ0) is 12.8. The van der Waals surface area contributed by atoms with Gasteiger partial charge in [0, 0.05) is 23.4 Å². The van der Waals surface area contributed by atoms with Crippen molar-refractivity contribution < 1.29 is 4.74 Å². The molecule has 0 radical (unpaired) electrons. The van der Waals surface area contributed by atoms with Gasteiger partial charge in [0.25, 0.3) is 0 Å². The van der Waals surface area contributed by atoms with E-state index >= 15 is 0 Å². The summed E-state index contributed by atoms with van der Waals surface area (Å²) in [4.78, 5) is 12.5. The van der Waals surface area contributed by atoms with Crippen LogP contribution in [0.15, 0.2) is 35.3 Å². The van der Waals surface area contributed by atoms with Crippen LogP contribution < -0.4 is 10.1 Å². The molecule has 0 saturated carbocycles. The van der Waals surface area contributed by atoms with Gasteiger partial charge in [0.15, 0.2) is 0 Å². The molecule has 94 valence electrons. The molecule has 5 nitrogen and oxygen atoms in total. The predicted octanol–water partition coefficient (Wildman–Crippen LogP) is 2.54. The van der Waals surface area contributed by atoms with E-state index in [9.17, 15) is 0 Å². The molecule has 0 aromatic carbocycles. The first kappa shape index (κ1) is 12.9. The highest BCUT2D eigenvalue weighted by Crippen LogP contribution is 2.21. The number of ether oxygens (including phenoxy) is 1. The smallest absolute Gasteiger partial charge is 0.238 e. The van der Waals surface area contributed by atoms with Crippen molar-refractivity contribution in [3.05, 3.63) is 41.0 Å². The number of nitrogens with zero attached hydrogens (tertiary/aromatic N) is 3. The Hall–Kier alpha value is -1.53. The zero-order valence-electron chi connectivity index (χ0n) is 9.93. The fraction of sp³-hybridized carbons (Fsp3) is 0.250. The standard InChI is InChI=1S/C12H13BrN4O/c1-2-14-5-10-6-16-8-12(17-10)18-11-3-9(13)4-15-7-11/h3-4,6-8,14H,2,5H2,1H3. The quantitative estimate of drug-likeness (QED) is 0.919. The molecule has 0 fully saturated rings. The van der Waals surface area contributed by atoms with Crippen LogP contribution in [-0.4, -0.2) is 21.5 Å². The predicted molar refractivity (Wildman–Crippen MR) is 71.4 cm³/mol. The first-order valence-corrected chi connectivity index (χ1v) is 6.37. The summed E-state index contributed by atoms with van der Waals surface area (Å²) < 4.78 is 6.44. The van der Waals surface area contributed by atoms with Crippen molar-refractivity contribution in [2.24, 2.45) is 0 Å². The third-order valence-electron chi connectivity index (χ3n) is 2.12. The van der Waals surface area contributed by atoms with E-state index in [1.165, 1.54) is 0 Å². The Bertz CT molecular complexity index is 521. The number of hydrogen-bond acceptors (Lipinski definition) is 5. The van der Waals surface area contributed by atoms with E-state index in [-0.39, 0.29) is 0 Å². The lowest BCUT2D eigenvalue weighted by Gasteiger charge is -2.06. The summed E-state index contributed by atoms with van der Waals surface area (Å²) in [6.45, 7) is 3.61. The summed E-state index contributed by atoms with van der Waals surface area (Å²) in [5.41, 5.74) is 0.845. The second-order valence-corrected chi connectivity index (χ2v) is 4.49. The van der Waals surface area contributed by atoms with Crippen LogP contribution in [0, 0.1) is 0 Å². The van der Waals surface area contributed by atoms with Gasteiger partial charge in [0.2, 0.25) is 5.88 Å². The molecule has 0 bridgehead atoms. The van der Waals surface area contributed by atoms with Crippen molar-refractivity contribution >= 4 is 15.9 Å². The summed E-state index contributed by atoms with van der Waals surface area (Å²) in [5.74, 6) is 1.09. The Morgan fingerprint density at radius 2 is 2.06 bits per heavy atom. The molecular weight excluding hydrogens is 296 g/mol.